The van der Waals surface area contributed by atoms with Crippen LogP contribution in [0.15, 0.2) is 73.1 Å². The molecule has 9 nitrogen and oxygen atoms in total. The molecule has 2 unspecified atom stereocenters. The van der Waals surface area contributed by atoms with Gasteiger partial charge in [0.05, 0.1) is 17.0 Å². The van der Waals surface area contributed by atoms with Crippen molar-refractivity contribution in [2.75, 3.05) is 13.1 Å². The Labute approximate surface area is 226 Å². The first kappa shape index (κ1) is 26.8. The third kappa shape index (κ3) is 6.62. The van der Waals surface area contributed by atoms with Crippen molar-refractivity contribution in [2.24, 2.45) is 5.92 Å². The monoisotopic (exact) mass is 531 g/mol. The number of rotatable bonds is 11. The molecule has 2 aromatic heterocycles. The predicted octanol–water partition coefficient (Wildman–Crippen LogP) is 4.21. The summed E-state index contributed by atoms with van der Waals surface area (Å²) in [5.41, 5.74) is 1.57. The van der Waals surface area contributed by atoms with Crippen LogP contribution in [0.3, 0.4) is 0 Å². The number of aromatic nitrogens is 2. The van der Waals surface area contributed by atoms with E-state index in [-0.39, 0.29) is 6.04 Å². The Kier molecular flexibility index (Phi) is 8.51. The van der Waals surface area contributed by atoms with Gasteiger partial charge in [0.25, 0.3) is 0 Å². The Balaban J connectivity index is 1.19. The Hall–Kier alpha value is -3.79. The average Bonchev–Trinajstić information content (AvgIpc) is 2.95. The minimum atomic E-state index is -1.04. The van der Waals surface area contributed by atoms with Gasteiger partial charge in [-0.3, -0.25) is 14.8 Å². The molecule has 0 amide bonds. The third-order valence-electron chi connectivity index (χ3n) is 7.33. The van der Waals surface area contributed by atoms with Crippen LogP contribution in [-0.4, -0.2) is 67.9 Å². The second kappa shape index (κ2) is 12.4. The summed E-state index contributed by atoms with van der Waals surface area (Å²) in [6.45, 7) is 1.13. The van der Waals surface area contributed by atoms with Crippen LogP contribution in [0.2, 0.25) is 0 Å². The topological polar surface area (TPSA) is 125 Å². The van der Waals surface area contributed by atoms with E-state index < -0.39 is 24.5 Å². The number of carboxylic acids is 1. The molecule has 2 aromatic carbocycles. The van der Waals surface area contributed by atoms with Crippen LogP contribution in [0.1, 0.15) is 32.1 Å². The quantitative estimate of drug-likeness (QED) is 0.244. The summed E-state index contributed by atoms with van der Waals surface area (Å²) >= 11 is 0. The number of nitrogens with zero attached hydrogens (tertiary/aromatic N) is 3. The number of likely N-dealkylation sites (tertiary alicyclic amines) is 1. The molecule has 9 heteroatoms. The largest absolute Gasteiger partial charge is 0.481 e. The first-order valence-corrected chi connectivity index (χ1v) is 13.3. The highest BCUT2D eigenvalue weighted by Gasteiger charge is 2.32. The molecular weight excluding hydrogens is 498 g/mol. The van der Waals surface area contributed by atoms with Crippen molar-refractivity contribution in [3.63, 3.8) is 0 Å². The minimum absolute atomic E-state index is 0.0683. The molecule has 1 saturated heterocycles. The molecule has 1 aliphatic heterocycles. The first-order chi connectivity index (χ1) is 19.0. The molecule has 3 heterocycles. The summed E-state index contributed by atoms with van der Waals surface area (Å²) < 4.78 is 11.7. The number of ether oxygens (including phenoxy) is 2. The zero-order chi connectivity index (χ0) is 27.2. The van der Waals surface area contributed by atoms with E-state index in [0.717, 1.165) is 21.8 Å². The fourth-order valence-electron chi connectivity index (χ4n) is 5.30. The summed E-state index contributed by atoms with van der Waals surface area (Å²) in [4.78, 5) is 22.6. The SMILES string of the molecule is O=C(O)C1CCN(CC[C@H](O)Oc2cccc3ncccc23)C(CC[C@H](O)Oc2cccc3ncccc23)C1. The lowest BCUT2D eigenvalue weighted by Gasteiger charge is -2.39. The van der Waals surface area contributed by atoms with Gasteiger partial charge in [0.15, 0.2) is 12.6 Å². The third-order valence-corrected chi connectivity index (χ3v) is 7.33. The van der Waals surface area contributed by atoms with Gasteiger partial charge in [0.2, 0.25) is 0 Å². The van der Waals surface area contributed by atoms with E-state index in [0.29, 0.717) is 56.7 Å². The molecule has 0 aliphatic carbocycles. The van der Waals surface area contributed by atoms with Gasteiger partial charge < -0.3 is 29.7 Å². The number of benzene rings is 2. The average molecular weight is 532 g/mol. The van der Waals surface area contributed by atoms with Crippen molar-refractivity contribution < 1.29 is 29.6 Å². The van der Waals surface area contributed by atoms with Crippen molar-refractivity contribution in [3.05, 3.63) is 73.1 Å². The molecule has 3 N–H and O–H groups in total. The van der Waals surface area contributed by atoms with Gasteiger partial charge >= 0.3 is 5.97 Å². The predicted molar refractivity (Wildman–Crippen MR) is 146 cm³/mol. The van der Waals surface area contributed by atoms with Crippen molar-refractivity contribution >= 4 is 27.8 Å². The van der Waals surface area contributed by atoms with Gasteiger partial charge in [-0.2, -0.15) is 0 Å². The van der Waals surface area contributed by atoms with E-state index in [1.54, 1.807) is 18.5 Å². The van der Waals surface area contributed by atoms with Crippen LogP contribution in [0, 0.1) is 5.92 Å². The van der Waals surface area contributed by atoms with Gasteiger partial charge in [-0.25, -0.2) is 0 Å². The molecule has 0 radical (unpaired) electrons. The Bertz CT molecular complexity index is 1410. The molecule has 4 aromatic rings. The molecule has 39 heavy (non-hydrogen) atoms. The number of hydrogen-bond acceptors (Lipinski definition) is 8. The lowest BCUT2D eigenvalue weighted by Crippen LogP contribution is -2.46. The second-order valence-electron chi connectivity index (χ2n) is 9.91. The number of fused-ring (bicyclic) bond motifs is 2. The molecule has 0 spiro atoms. The van der Waals surface area contributed by atoms with E-state index in [4.69, 9.17) is 9.47 Å². The maximum absolute atomic E-state index is 11.7. The van der Waals surface area contributed by atoms with Crippen LogP contribution in [0.4, 0.5) is 0 Å². The van der Waals surface area contributed by atoms with Gasteiger partial charge in [-0.15, -0.1) is 0 Å². The van der Waals surface area contributed by atoms with E-state index in [1.165, 1.54) is 0 Å². The van der Waals surface area contributed by atoms with Gasteiger partial charge in [-0.05, 0) is 74.3 Å². The fraction of sp³-hybridized carbons (Fsp3) is 0.367. The number of aliphatic hydroxyl groups excluding tert-OH is 2. The fourth-order valence-corrected chi connectivity index (χ4v) is 5.30. The summed E-state index contributed by atoms with van der Waals surface area (Å²) in [6.07, 6.45) is 3.62. The molecule has 0 saturated carbocycles. The van der Waals surface area contributed by atoms with Crippen molar-refractivity contribution in [3.8, 4) is 11.5 Å². The highest BCUT2D eigenvalue weighted by atomic mass is 16.6. The summed E-state index contributed by atoms with van der Waals surface area (Å²) in [6, 6.07) is 18.4. The zero-order valence-corrected chi connectivity index (χ0v) is 21.6. The highest BCUT2D eigenvalue weighted by Crippen LogP contribution is 2.30. The molecule has 0 bridgehead atoms. The number of carboxylic acid groups (broad SMARTS) is 1. The first-order valence-electron chi connectivity index (χ1n) is 13.3. The lowest BCUT2D eigenvalue weighted by atomic mass is 9.88. The Morgan fingerprint density at radius 1 is 0.872 bits per heavy atom. The van der Waals surface area contributed by atoms with Crippen molar-refractivity contribution in [2.45, 2.75) is 50.7 Å². The normalized spacial score (nSPS) is 19.5. The van der Waals surface area contributed by atoms with Crippen LogP contribution < -0.4 is 9.47 Å². The molecule has 5 rings (SSSR count). The molecule has 1 aliphatic rings. The van der Waals surface area contributed by atoms with Crippen LogP contribution in [0.25, 0.3) is 21.8 Å². The van der Waals surface area contributed by atoms with Gasteiger partial charge in [0, 0.05) is 48.6 Å². The summed E-state index contributed by atoms with van der Waals surface area (Å²) in [7, 11) is 0. The Morgan fingerprint density at radius 2 is 1.46 bits per heavy atom. The maximum Gasteiger partial charge on any atom is 0.306 e. The number of hydrogen-bond donors (Lipinski definition) is 3. The van der Waals surface area contributed by atoms with E-state index in [2.05, 4.69) is 14.9 Å². The number of aliphatic hydroxyl groups is 2. The molecular formula is C30H33N3O6. The summed E-state index contributed by atoms with van der Waals surface area (Å²) in [5.74, 6) is -0.107. The van der Waals surface area contributed by atoms with Gasteiger partial charge in [-0.1, -0.05) is 12.1 Å². The number of pyridine rings is 2. The van der Waals surface area contributed by atoms with E-state index in [9.17, 15) is 20.1 Å². The standard InChI is InChI=1S/C30H33N3O6/c34-28(38-26-9-1-7-24-22(26)5-3-15-31-24)12-11-21-19-20(30(36)37)13-17-33(21)18-14-29(35)39-27-10-2-8-25-23(27)6-4-16-32-25/h1-10,15-16,20-21,28-29,34-35H,11-14,17-19H2,(H,36,37)/t20?,21?,28-,29-/m1/s1. The minimum Gasteiger partial charge on any atom is -0.481 e. The molecule has 204 valence electrons. The van der Waals surface area contributed by atoms with E-state index >= 15 is 0 Å². The molecule has 1 fully saturated rings. The van der Waals surface area contributed by atoms with Crippen molar-refractivity contribution in [1.29, 1.82) is 0 Å². The molecule has 4 atom stereocenters. The van der Waals surface area contributed by atoms with Gasteiger partial charge in [0.1, 0.15) is 11.5 Å². The highest BCUT2D eigenvalue weighted by molar-refractivity contribution is 5.85. The maximum atomic E-state index is 11.7. The smallest absolute Gasteiger partial charge is 0.306 e. The van der Waals surface area contributed by atoms with Crippen LogP contribution >= 0.6 is 0 Å². The zero-order valence-electron chi connectivity index (χ0n) is 21.6. The number of piperidine rings is 1. The number of aliphatic carboxylic acids is 1. The lowest BCUT2D eigenvalue weighted by molar-refractivity contribution is -0.144. The van der Waals surface area contributed by atoms with Crippen LogP contribution in [0.5, 0.6) is 11.5 Å². The van der Waals surface area contributed by atoms with E-state index in [1.807, 2.05) is 54.6 Å². The van der Waals surface area contributed by atoms with Crippen LogP contribution in [-0.2, 0) is 4.79 Å². The Morgan fingerprint density at radius 3 is 2.05 bits per heavy atom. The number of carbonyl (C=O) groups is 1. The second-order valence-corrected chi connectivity index (χ2v) is 9.91. The summed E-state index contributed by atoms with van der Waals surface area (Å²) in [5, 5.41) is 32.6. The van der Waals surface area contributed by atoms with Crippen molar-refractivity contribution in [1.82, 2.24) is 14.9 Å².